The quantitative estimate of drug-likeness (QED) is 0.760. The van der Waals surface area contributed by atoms with E-state index in [1.807, 2.05) is 0 Å². The van der Waals surface area contributed by atoms with Crippen LogP contribution in [0.4, 0.5) is 0 Å². The van der Waals surface area contributed by atoms with E-state index in [0.29, 0.717) is 5.41 Å². The number of nitrogens with two attached hydrogens (primary N) is 1. The third-order valence-electron chi connectivity index (χ3n) is 8.93. The Labute approximate surface area is 135 Å². The van der Waals surface area contributed by atoms with Gasteiger partial charge in [-0.15, -0.1) is 0 Å². The summed E-state index contributed by atoms with van der Waals surface area (Å²) in [7, 11) is 0. The van der Waals surface area contributed by atoms with Crippen LogP contribution in [-0.4, -0.2) is 5.91 Å². The average Bonchev–Trinajstić information content (AvgIpc) is 2.84. The second-order valence-corrected chi connectivity index (χ2v) is 9.48. The molecule has 124 valence electrons. The van der Waals surface area contributed by atoms with Gasteiger partial charge in [0.15, 0.2) is 0 Å². The van der Waals surface area contributed by atoms with Crippen molar-refractivity contribution in [2.24, 2.45) is 46.2 Å². The van der Waals surface area contributed by atoms with E-state index in [0.717, 1.165) is 30.1 Å². The highest BCUT2D eigenvalue weighted by molar-refractivity contribution is 5.78. The predicted octanol–water partition coefficient (Wildman–Crippen LogP) is 4.52. The summed E-state index contributed by atoms with van der Waals surface area (Å²) in [5, 5.41) is 0. The van der Waals surface area contributed by atoms with Crippen molar-refractivity contribution in [2.45, 2.75) is 78.1 Å². The molecule has 4 rings (SSSR count). The maximum Gasteiger partial charge on any atom is 0.221 e. The molecule has 4 aliphatic carbocycles. The van der Waals surface area contributed by atoms with E-state index >= 15 is 0 Å². The highest BCUT2D eigenvalue weighted by atomic mass is 16.1. The minimum absolute atomic E-state index is 0.0268. The van der Waals surface area contributed by atoms with Crippen LogP contribution in [0.2, 0.25) is 0 Å². The molecular weight excluding hydrogens is 270 g/mol. The zero-order chi connectivity index (χ0) is 15.5. The molecule has 0 heterocycles. The third kappa shape index (κ3) is 1.88. The first-order chi connectivity index (χ1) is 10.5. The lowest BCUT2D eigenvalue weighted by Gasteiger charge is -2.60. The van der Waals surface area contributed by atoms with Gasteiger partial charge in [-0.1, -0.05) is 26.7 Å². The summed E-state index contributed by atoms with van der Waals surface area (Å²) in [5.41, 5.74) is 6.57. The van der Waals surface area contributed by atoms with Crippen molar-refractivity contribution in [3.63, 3.8) is 0 Å². The molecule has 0 saturated heterocycles. The van der Waals surface area contributed by atoms with E-state index in [1.165, 1.54) is 57.8 Å². The van der Waals surface area contributed by atoms with Crippen molar-refractivity contribution in [1.82, 2.24) is 0 Å². The van der Waals surface area contributed by atoms with E-state index < -0.39 is 0 Å². The average molecular weight is 303 g/mol. The van der Waals surface area contributed by atoms with Crippen LogP contribution in [0.5, 0.6) is 0 Å². The molecule has 4 fully saturated rings. The monoisotopic (exact) mass is 303 g/mol. The lowest BCUT2D eigenvalue weighted by atomic mass is 9.45. The number of carbonyl (C=O) groups is 1. The molecule has 22 heavy (non-hydrogen) atoms. The molecule has 0 aromatic rings. The number of carbonyl (C=O) groups excluding carboxylic acids is 1. The van der Waals surface area contributed by atoms with Crippen LogP contribution in [-0.2, 0) is 4.79 Å². The van der Waals surface area contributed by atoms with Gasteiger partial charge in [-0.3, -0.25) is 4.79 Å². The molecule has 0 aromatic carbocycles. The number of rotatable bonds is 1. The maximum atomic E-state index is 11.9. The number of amides is 1. The van der Waals surface area contributed by atoms with Crippen LogP contribution in [0.3, 0.4) is 0 Å². The molecule has 0 aliphatic heterocycles. The van der Waals surface area contributed by atoms with E-state index in [9.17, 15) is 4.79 Å². The molecule has 2 heteroatoms. The molecular formula is C20H33NO. The summed E-state index contributed by atoms with van der Waals surface area (Å²) < 4.78 is 0. The highest BCUT2D eigenvalue weighted by Crippen LogP contribution is 2.67. The molecule has 7 atom stereocenters. The summed E-state index contributed by atoms with van der Waals surface area (Å²) in [6.45, 7) is 5.02. The van der Waals surface area contributed by atoms with E-state index in [1.54, 1.807) is 0 Å². The second-order valence-electron chi connectivity index (χ2n) is 9.48. The Bertz CT molecular complexity index is 474. The fraction of sp³-hybridized carbons (Fsp3) is 0.950. The van der Waals surface area contributed by atoms with Crippen LogP contribution in [0.1, 0.15) is 78.1 Å². The lowest BCUT2D eigenvalue weighted by Crippen LogP contribution is -2.53. The van der Waals surface area contributed by atoms with Gasteiger partial charge in [0.25, 0.3) is 0 Å². The van der Waals surface area contributed by atoms with E-state index in [2.05, 4.69) is 13.8 Å². The molecule has 4 saturated carbocycles. The normalized spacial score (nSPS) is 54.2. The molecule has 0 aromatic heterocycles. The molecule has 0 bridgehead atoms. The van der Waals surface area contributed by atoms with Gasteiger partial charge in [-0.25, -0.2) is 0 Å². The SMILES string of the molecule is C[C@]12CCCC[C@@H]1CC[C@@H]1[C@@H]2CC[C@]2(C)C(C(N)=O)CC[C@@H]12. The number of primary amides is 1. The van der Waals surface area contributed by atoms with Crippen LogP contribution in [0, 0.1) is 40.4 Å². The minimum Gasteiger partial charge on any atom is -0.369 e. The molecule has 0 spiro atoms. The largest absolute Gasteiger partial charge is 0.369 e. The first kappa shape index (κ1) is 15.0. The van der Waals surface area contributed by atoms with Crippen molar-refractivity contribution in [2.75, 3.05) is 0 Å². The Morgan fingerprint density at radius 3 is 2.41 bits per heavy atom. The smallest absolute Gasteiger partial charge is 0.221 e. The summed E-state index contributed by atoms with van der Waals surface area (Å²) >= 11 is 0. The Kier molecular flexibility index (Phi) is 3.40. The molecule has 0 radical (unpaired) electrons. The number of hydrogen-bond acceptors (Lipinski definition) is 1. The van der Waals surface area contributed by atoms with Gasteiger partial charge in [0.05, 0.1) is 0 Å². The summed E-state index contributed by atoms with van der Waals surface area (Å²) in [4.78, 5) is 11.9. The number of hydrogen-bond donors (Lipinski definition) is 1. The van der Waals surface area contributed by atoms with Crippen molar-refractivity contribution in [1.29, 1.82) is 0 Å². The minimum atomic E-state index is -0.0268. The fourth-order valence-corrected chi connectivity index (χ4v) is 7.76. The molecule has 2 N–H and O–H groups in total. The van der Waals surface area contributed by atoms with E-state index in [-0.39, 0.29) is 17.2 Å². The first-order valence-corrected chi connectivity index (χ1v) is 9.76. The first-order valence-electron chi connectivity index (χ1n) is 9.76. The topological polar surface area (TPSA) is 43.1 Å². The fourth-order valence-electron chi connectivity index (χ4n) is 7.76. The van der Waals surface area contributed by atoms with Gasteiger partial charge >= 0.3 is 0 Å². The predicted molar refractivity (Wildman–Crippen MR) is 89.0 cm³/mol. The van der Waals surface area contributed by atoms with Crippen molar-refractivity contribution >= 4 is 5.91 Å². The van der Waals surface area contributed by atoms with Crippen LogP contribution in [0.15, 0.2) is 0 Å². The summed E-state index contributed by atoms with van der Waals surface area (Å²) in [6.07, 6.45) is 13.6. The Balaban J connectivity index is 1.63. The zero-order valence-electron chi connectivity index (χ0n) is 14.4. The van der Waals surface area contributed by atoms with Crippen molar-refractivity contribution in [3.05, 3.63) is 0 Å². The van der Waals surface area contributed by atoms with E-state index in [4.69, 9.17) is 5.73 Å². The summed E-state index contributed by atoms with van der Waals surface area (Å²) in [5.74, 6) is 3.68. The molecule has 2 nitrogen and oxygen atoms in total. The van der Waals surface area contributed by atoms with Crippen molar-refractivity contribution in [3.8, 4) is 0 Å². The second kappa shape index (κ2) is 4.98. The Morgan fingerprint density at radius 1 is 0.864 bits per heavy atom. The summed E-state index contributed by atoms with van der Waals surface area (Å²) in [6, 6.07) is 0. The van der Waals surface area contributed by atoms with Gasteiger partial charge < -0.3 is 5.73 Å². The van der Waals surface area contributed by atoms with Crippen molar-refractivity contribution < 1.29 is 4.79 Å². The highest BCUT2D eigenvalue weighted by Gasteiger charge is 2.60. The van der Waals surface area contributed by atoms with Gasteiger partial charge in [-0.05, 0) is 85.9 Å². The molecule has 1 unspecified atom stereocenters. The van der Waals surface area contributed by atoms with Crippen LogP contribution < -0.4 is 5.73 Å². The van der Waals surface area contributed by atoms with Crippen LogP contribution in [0.25, 0.3) is 0 Å². The molecule has 4 aliphatic rings. The lowest BCUT2D eigenvalue weighted by molar-refractivity contribution is -0.134. The number of fused-ring (bicyclic) bond motifs is 5. The third-order valence-corrected chi connectivity index (χ3v) is 8.93. The van der Waals surface area contributed by atoms with Crippen LogP contribution >= 0.6 is 0 Å². The standard InChI is InChI=1S/C20H33NO/c1-19-11-4-3-5-13(19)6-7-14-15-8-9-17(18(21)22)20(15,2)12-10-16(14)19/h13-17H,3-12H2,1-2H3,(H2,21,22)/t13-,14+,15+,16+,17?,19+,20+/m1/s1. The zero-order valence-corrected chi connectivity index (χ0v) is 14.4. The maximum absolute atomic E-state index is 11.9. The Morgan fingerprint density at radius 2 is 1.64 bits per heavy atom. The van der Waals surface area contributed by atoms with Gasteiger partial charge in [0.1, 0.15) is 0 Å². The van der Waals surface area contributed by atoms with Gasteiger partial charge in [0.2, 0.25) is 5.91 Å². The van der Waals surface area contributed by atoms with Gasteiger partial charge in [-0.2, -0.15) is 0 Å². The Hall–Kier alpha value is -0.530. The van der Waals surface area contributed by atoms with Gasteiger partial charge in [0, 0.05) is 5.92 Å². The molecule has 1 amide bonds.